The summed E-state index contributed by atoms with van der Waals surface area (Å²) in [6.07, 6.45) is 0.606. The number of benzene rings is 1. The Morgan fingerprint density at radius 3 is 2.33 bits per heavy atom. The molecule has 0 heterocycles. The normalized spacial score (nSPS) is 31.6. The van der Waals surface area contributed by atoms with E-state index in [9.17, 15) is 15.3 Å². The Labute approximate surface area is 126 Å². The Morgan fingerprint density at radius 2 is 1.86 bits per heavy atom. The van der Waals surface area contributed by atoms with Gasteiger partial charge in [0.1, 0.15) is 11.7 Å². The predicted molar refractivity (Wildman–Crippen MR) is 80.0 cm³/mol. The molecule has 0 N–H and O–H groups in total. The summed E-state index contributed by atoms with van der Waals surface area (Å²) >= 11 is 0. The van der Waals surface area contributed by atoms with Gasteiger partial charge in [-0.05, 0) is 30.7 Å². The largest absolute Gasteiger partial charge is 0.300 e. The highest BCUT2D eigenvalue weighted by Gasteiger charge is 2.54. The Balaban J connectivity index is 2.48. The molecule has 1 fully saturated rings. The van der Waals surface area contributed by atoms with E-state index < -0.39 is 11.3 Å². The number of hydrogen-bond donors (Lipinski definition) is 0. The number of nitrogens with zero attached hydrogens (tertiary/aromatic N) is 2. The molecule has 3 nitrogen and oxygen atoms in total. The van der Waals surface area contributed by atoms with E-state index in [1.165, 1.54) is 0 Å². The molecule has 108 valence electrons. The smallest absolute Gasteiger partial charge is 0.138 e. The Bertz CT molecular complexity index is 596. The van der Waals surface area contributed by atoms with Gasteiger partial charge < -0.3 is 0 Å². The van der Waals surface area contributed by atoms with Gasteiger partial charge in [0.05, 0.1) is 12.1 Å². The van der Waals surface area contributed by atoms with E-state index in [1.54, 1.807) is 6.92 Å². The van der Waals surface area contributed by atoms with Gasteiger partial charge in [-0.1, -0.05) is 44.2 Å². The van der Waals surface area contributed by atoms with Crippen molar-refractivity contribution in [2.45, 2.75) is 33.1 Å². The minimum absolute atomic E-state index is 0.0814. The number of carbonyl (C=O) groups is 1. The van der Waals surface area contributed by atoms with E-state index in [4.69, 9.17) is 0 Å². The number of carbonyl (C=O) groups excluding carboxylic acids is 1. The van der Waals surface area contributed by atoms with Gasteiger partial charge in [0.2, 0.25) is 0 Å². The highest BCUT2D eigenvalue weighted by molar-refractivity contribution is 5.80. The monoisotopic (exact) mass is 280 g/mol. The van der Waals surface area contributed by atoms with E-state index in [2.05, 4.69) is 19.1 Å². The lowest BCUT2D eigenvalue weighted by Crippen LogP contribution is -2.29. The minimum atomic E-state index is -0.678. The lowest BCUT2D eigenvalue weighted by molar-refractivity contribution is -0.121. The molecule has 0 unspecified atom stereocenters. The van der Waals surface area contributed by atoms with Crippen molar-refractivity contribution in [1.29, 1.82) is 10.5 Å². The Kier molecular flexibility index (Phi) is 4.14. The Hall–Kier alpha value is -2.13. The zero-order chi connectivity index (χ0) is 15.6. The van der Waals surface area contributed by atoms with Gasteiger partial charge in [-0.15, -0.1) is 0 Å². The maximum absolute atomic E-state index is 12.1. The molecule has 21 heavy (non-hydrogen) atoms. The molecule has 1 aromatic rings. The van der Waals surface area contributed by atoms with Crippen LogP contribution in [0.5, 0.6) is 0 Å². The van der Waals surface area contributed by atoms with Crippen molar-refractivity contribution < 1.29 is 4.79 Å². The third-order valence-corrected chi connectivity index (χ3v) is 5.30. The molecule has 0 aliphatic heterocycles. The van der Waals surface area contributed by atoms with Crippen LogP contribution in [0.1, 0.15) is 38.7 Å². The van der Waals surface area contributed by atoms with Crippen LogP contribution in [0.25, 0.3) is 0 Å². The summed E-state index contributed by atoms with van der Waals surface area (Å²) in [4.78, 5) is 12.1. The molecule has 1 aliphatic carbocycles. The fraction of sp³-hybridized carbons (Fsp3) is 0.500. The molecule has 4 atom stereocenters. The van der Waals surface area contributed by atoms with Crippen LogP contribution in [0, 0.1) is 45.8 Å². The molecule has 0 spiro atoms. The van der Waals surface area contributed by atoms with Gasteiger partial charge in [-0.25, -0.2) is 0 Å². The predicted octanol–water partition coefficient (Wildman–Crippen LogP) is 3.68. The zero-order valence-corrected chi connectivity index (χ0v) is 12.7. The summed E-state index contributed by atoms with van der Waals surface area (Å²) in [7, 11) is 0. The van der Waals surface area contributed by atoms with Crippen molar-refractivity contribution in [2.75, 3.05) is 0 Å². The van der Waals surface area contributed by atoms with Crippen molar-refractivity contribution in [3.8, 4) is 12.1 Å². The fourth-order valence-electron chi connectivity index (χ4n) is 3.84. The van der Waals surface area contributed by atoms with Crippen LogP contribution in [-0.2, 0) is 4.79 Å². The van der Waals surface area contributed by atoms with Gasteiger partial charge in [0, 0.05) is 11.3 Å². The first-order valence-corrected chi connectivity index (χ1v) is 7.30. The molecule has 0 aromatic heterocycles. The second-order valence-corrected chi connectivity index (χ2v) is 6.34. The molecule has 1 saturated carbocycles. The average molecular weight is 280 g/mol. The van der Waals surface area contributed by atoms with E-state index >= 15 is 0 Å². The van der Waals surface area contributed by atoms with Crippen LogP contribution in [0.15, 0.2) is 30.3 Å². The van der Waals surface area contributed by atoms with Crippen LogP contribution in [0.2, 0.25) is 0 Å². The quantitative estimate of drug-likeness (QED) is 0.848. The van der Waals surface area contributed by atoms with Gasteiger partial charge >= 0.3 is 0 Å². The van der Waals surface area contributed by atoms with Crippen molar-refractivity contribution in [2.24, 2.45) is 23.2 Å². The minimum Gasteiger partial charge on any atom is -0.300 e. The maximum Gasteiger partial charge on any atom is 0.138 e. The van der Waals surface area contributed by atoms with E-state index in [1.807, 2.05) is 37.3 Å². The molecule has 1 aromatic carbocycles. The number of nitriles is 2. The van der Waals surface area contributed by atoms with Gasteiger partial charge in [0.15, 0.2) is 0 Å². The van der Waals surface area contributed by atoms with Crippen LogP contribution in [0.3, 0.4) is 0 Å². The molecule has 2 rings (SSSR count). The Morgan fingerprint density at radius 1 is 1.29 bits per heavy atom. The highest BCUT2D eigenvalue weighted by atomic mass is 16.1. The summed E-state index contributed by atoms with van der Waals surface area (Å²) in [5.41, 5.74) is 0.684. The second-order valence-electron chi connectivity index (χ2n) is 6.34. The van der Waals surface area contributed by atoms with Crippen molar-refractivity contribution in [3.05, 3.63) is 35.9 Å². The van der Waals surface area contributed by atoms with E-state index in [0.717, 1.165) is 5.56 Å². The highest BCUT2D eigenvalue weighted by Crippen LogP contribution is 2.57. The van der Waals surface area contributed by atoms with Crippen molar-refractivity contribution in [3.63, 3.8) is 0 Å². The summed E-state index contributed by atoms with van der Waals surface area (Å²) in [6.45, 7) is 5.67. The maximum atomic E-state index is 12.1. The standard InChI is InChI=1S/C18H20N2O/c1-12-17(14-7-5-4-6-8-14)16(13(2)21)9-18(12,3)15(10-19)11-20/h4-8,12,15-17H,9H2,1-3H3/t12-,16+,17+,18-/m1/s1. The third kappa shape index (κ3) is 2.45. The molecular formula is C18H20N2O. The molecule has 0 bridgehead atoms. The number of hydrogen-bond acceptors (Lipinski definition) is 3. The first-order chi connectivity index (χ1) is 9.95. The molecule has 0 radical (unpaired) electrons. The molecular weight excluding hydrogens is 260 g/mol. The van der Waals surface area contributed by atoms with E-state index in [0.29, 0.717) is 6.42 Å². The average Bonchev–Trinajstić information content (AvgIpc) is 2.74. The third-order valence-electron chi connectivity index (χ3n) is 5.30. The van der Waals surface area contributed by atoms with Crippen LogP contribution >= 0.6 is 0 Å². The molecule has 0 saturated heterocycles. The topological polar surface area (TPSA) is 64.7 Å². The van der Waals surface area contributed by atoms with Gasteiger partial charge in [-0.2, -0.15) is 10.5 Å². The molecule has 1 aliphatic rings. The van der Waals surface area contributed by atoms with Crippen LogP contribution in [0.4, 0.5) is 0 Å². The number of ketones is 1. The summed E-state index contributed by atoms with van der Waals surface area (Å²) in [5, 5.41) is 18.6. The van der Waals surface area contributed by atoms with Gasteiger partial charge in [-0.3, -0.25) is 4.79 Å². The van der Waals surface area contributed by atoms with Crippen LogP contribution < -0.4 is 0 Å². The first kappa shape index (κ1) is 15.3. The lowest BCUT2D eigenvalue weighted by Gasteiger charge is -2.32. The number of rotatable bonds is 3. The lowest BCUT2D eigenvalue weighted by atomic mass is 9.69. The second kappa shape index (κ2) is 5.70. The van der Waals surface area contributed by atoms with Crippen LogP contribution in [-0.4, -0.2) is 5.78 Å². The van der Waals surface area contributed by atoms with Gasteiger partial charge in [0.25, 0.3) is 0 Å². The van der Waals surface area contributed by atoms with Crippen molar-refractivity contribution in [1.82, 2.24) is 0 Å². The summed E-state index contributed by atoms with van der Waals surface area (Å²) in [5.74, 6) is -0.454. The SMILES string of the molecule is CC(=O)[C@@H]1C[C@@](C)(C(C#N)C#N)[C@H](C)[C@H]1c1ccccc1. The van der Waals surface area contributed by atoms with Crippen molar-refractivity contribution >= 4 is 5.78 Å². The number of Topliss-reactive ketones (excluding diaryl/α,β-unsaturated/α-hetero) is 1. The van der Waals surface area contributed by atoms with E-state index in [-0.39, 0.29) is 23.5 Å². The molecule has 0 amide bonds. The fourth-order valence-corrected chi connectivity index (χ4v) is 3.84. The summed E-state index contributed by atoms with van der Waals surface area (Å²) < 4.78 is 0. The molecule has 3 heteroatoms. The summed E-state index contributed by atoms with van der Waals surface area (Å²) in [6, 6.07) is 14.2. The first-order valence-electron chi connectivity index (χ1n) is 7.30. The zero-order valence-electron chi connectivity index (χ0n) is 12.7.